The Morgan fingerprint density at radius 2 is 2.10 bits per heavy atom. The van der Waals surface area contributed by atoms with Crippen molar-refractivity contribution in [2.45, 2.75) is 5.03 Å². The summed E-state index contributed by atoms with van der Waals surface area (Å²) < 4.78 is 40.8. The minimum atomic E-state index is -4.02. The molecule has 0 spiro atoms. The van der Waals surface area contributed by atoms with Gasteiger partial charge < -0.3 is 5.11 Å². The lowest BCUT2D eigenvalue weighted by atomic mass is 10.2. The Bertz CT molecular complexity index is 770. The van der Waals surface area contributed by atoms with Gasteiger partial charge in [0.05, 0.1) is 11.3 Å². The van der Waals surface area contributed by atoms with Crippen LogP contribution in [0.3, 0.4) is 0 Å². The van der Waals surface area contributed by atoms with Crippen LogP contribution < -0.4 is 4.72 Å². The Morgan fingerprint density at radius 3 is 2.60 bits per heavy atom. The largest absolute Gasteiger partial charge is 0.478 e. The molecule has 0 aliphatic rings. The molecular formula is C11H10FN3O4S. The van der Waals surface area contributed by atoms with Gasteiger partial charge in [-0.1, -0.05) is 0 Å². The molecule has 0 fully saturated rings. The number of rotatable bonds is 4. The highest BCUT2D eigenvalue weighted by atomic mass is 32.2. The van der Waals surface area contributed by atoms with Gasteiger partial charge in [-0.2, -0.15) is 13.5 Å². The maximum absolute atomic E-state index is 13.6. The van der Waals surface area contributed by atoms with E-state index in [2.05, 4.69) is 5.10 Å². The Morgan fingerprint density at radius 1 is 1.40 bits per heavy atom. The highest BCUT2D eigenvalue weighted by molar-refractivity contribution is 7.92. The molecule has 9 heteroatoms. The van der Waals surface area contributed by atoms with Gasteiger partial charge in [0.1, 0.15) is 5.82 Å². The minimum Gasteiger partial charge on any atom is -0.478 e. The molecule has 0 radical (unpaired) electrons. The zero-order valence-electron chi connectivity index (χ0n) is 10.2. The predicted octanol–water partition coefficient (Wildman–Crippen LogP) is 1.06. The summed E-state index contributed by atoms with van der Waals surface area (Å²) in [7, 11) is -2.47. The molecule has 0 saturated carbocycles. The van der Waals surface area contributed by atoms with Crippen molar-refractivity contribution < 1.29 is 22.7 Å². The molecule has 0 saturated heterocycles. The summed E-state index contributed by atoms with van der Waals surface area (Å²) in [6.07, 6.45) is 1.43. The molecule has 2 rings (SSSR count). The van der Waals surface area contributed by atoms with E-state index in [0.717, 1.165) is 18.2 Å². The van der Waals surface area contributed by atoms with Crippen LogP contribution in [0.25, 0.3) is 0 Å². The second-order valence-electron chi connectivity index (χ2n) is 3.93. The van der Waals surface area contributed by atoms with E-state index in [1.807, 2.05) is 4.72 Å². The molecule has 7 nitrogen and oxygen atoms in total. The zero-order chi connectivity index (χ0) is 14.9. The lowest BCUT2D eigenvalue weighted by Crippen LogP contribution is -2.15. The SMILES string of the molecule is Cn1ccc(S(=O)(=O)Nc2ccc(C(=O)O)cc2F)n1. The van der Waals surface area contributed by atoms with Crippen LogP contribution in [0.5, 0.6) is 0 Å². The van der Waals surface area contributed by atoms with Crippen LogP contribution in [0, 0.1) is 5.82 Å². The monoisotopic (exact) mass is 299 g/mol. The molecule has 1 aromatic carbocycles. The third kappa shape index (κ3) is 2.77. The molecule has 1 aromatic heterocycles. The molecule has 2 aromatic rings. The van der Waals surface area contributed by atoms with Gasteiger partial charge in [0.15, 0.2) is 5.03 Å². The standard InChI is InChI=1S/C11H10FN3O4S/c1-15-5-4-10(13-15)20(18,19)14-9-3-2-7(11(16)17)6-8(9)12/h2-6,14H,1H3,(H,16,17). The lowest BCUT2D eigenvalue weighted by molar-refractivity contribution is 0.0696. The summed E-state index contributed by atoms with van der Waals surface area (Å²) >= 11 is 0. The number of aryl methyl sites for hydroxylation is 1. The number of aromatic carboxylic acids is 1. The number of sulfonamides is 1. The molecule has 0 atom stereocenters. The number of hydrogen-bond acceptors (Lipinski definition) is 4. The number of aromatic nitrogens is 2. The van der Waals surface area contributed by atoms with E-state index in [4.69, 9.17) is 5.11 Å². The smallest absolute Gasteiger partial charge is 0.335 e. The second-order valence-corrected chi connectivity index (χ2v) is 5.56. The maximum atomic E-state index is 13.6. The van der Waals surface area contributed by atoms with Crippen molar-refractivity contribution >= 4 is 21.7 Å². The Balaban J connectivity index is 2.32. The summed E-state index contributed by atoms with van der Waals surface area (Å²) in [6, 6.07) is 4.13. The fourth-order valence-electron chi connectivity index (χ4n) is 1.47. The summed E-state index contributed by atoms with van der Waals surface area (Å²) in [5.41, 5.74) is -0.621. The van der Waals surface area contributed by atoms with Gasteiger partial charge in [-0.05, 0) is 24.3 Å². The molecular weight excluding hydrogens is 289 g/mol. The van der Waals surface area contributed by atoms with Gasteiger partial charge in [0.25, 0.3) is 10.0 Å². The number of carboxylic acids is 1. The molecule has 0 bridgehead atoms. The van der Waals surface area contributed by atoms with E-state index in [0.29, 0.717) is 0 Å². The third-order valence-electron chi connectivity index (χ3n) is 2.42. The normalized spacial score (nSPS) is 11.3. The van der Waals surface area contributed by atoms with Crippen molar-refractivity contribution in [2.24, 2.45) is 7.05 Å². The van der Waals surface area contributed by atoms with E-state index in [1.165, 1.54) is 16.9 Å². The highest BCUT2D eigenvalue weighted by Crippen LogP contribution is 2.19. The number of hydrogen-bond donors (Lipinski definition) is 2. The van der Waals surface area contributed by atoms with Gasteiger partial charge in [0, 0.05) is 13.2 Å². The van der Waals surface area contributed by atoms with Gasteiger partial charge in [-0.25, -0.2) is 9.18 Å². The minimum absolute atomic E-state index is 0.262. The zero-order valence-corrected chi connectivity index (χ0v) is 11.1. The van der Waals surface area contributed by atoms with Crippen molar-refractivity contribution in [1.82, 2.24) is 9.78 Å². The van der Waals surface area contributed by atoms with Gasteiger partial charge >= 0.3 is 5.97 Å². The molecule has 0 aliphatic heterocycles. The van der Waals surface area contributed by atoms with Gasteiger partial charge in [-0.3, -0.25) is 9.40 Å². The quantitative estimate of drug-likeness (QED) is 0.879. The third-order valence-corrected chi connectivity index (χ3v) is 3.68. The van der Waals surface area contributed by atoms with Crippen LogP contribution in [0.1, 0.15) is 10.4 Å². The molecule has 0 amide bonds. The second kappa shape index (κ2) is 4.93. The van der Waals surface area contributed by atoms with Crippen molar-refractivity contribution in [3.8, 4) is 0 Å². The van der Waals surface area contributed by atoms with Gasteiger partial charge in [0.2, 0.25) is 0 Å². The van der Waals surface area contributed by atoms with Crippen LogP contribution in [0.4, 0.5) is 10.1 Å². The van der Waals surface area contributed by atoms with Crippen molar-refractivity contribution in [3.63, 3.8) is 0 Å². The first-order valence-corrected chi connectivity index (χ1v) is 6.83. The van der Waals surface area contributed by atoms with Crippen LogP contribution in [0.2, 0.25) is 0 Å². The number of anilines is 1. The number of halogens is 1. The van der Waals surface area contributed by atoms with Crippen molar-refractivity contribution in [2.75, 3.05) is 4.72 Å². The summed E-state index contributed by atoms with van der Waals surface area (Å²) in [5.74, 6) is -2.28. The van der Waals surface area contributed by atoms with Crippen molar-refractivity contribution in [3.05, 3.63) is 41.8 Å². The van der Waals surface area contributed by atoms with E-state index >= 15 is 0 Å². The Kier molecular flexibility index (Phi) is 3.45. The number of carboxylic acid groups (broad SMARTS) is 1. The van der Waals surface area contributed by atoms with Crippen molar-refractivity contribution in [1.29, 1.82) is 0 Å². The lowest BCUT2D eigenvalue weighted by Gasteiger charge is -2.07. The van der Waals surface area contributed by atoms with Gasteiger partial charge in [-0.15, -0.1) is 0 Å². The molecule has 1 heterocycles. The molecule has 2 N–H and O–H groups in total. The van der Waals surface area contributed by atoms with Crippen LogP contribution in [-0.2, 0) is 17.1 Å². The van der Waals surface area contributed by atoms with E-state index < -0.39 is 21.8 Å². The number of nitrogens with one attached hydrogen (secondary N) is 1. The highest BCUT2D eigenvalue weighted by Gasteiger charge is 2.19. The summed E-state index contributed by atoms with van der Waals surface area (Å²) in [6.45, 7) is 0. The number of nitrogens with zero attached hydrogens (tertiary/aromatic N) is 2. The summed E-state index contributed by atoms with van der Waals surface area (Å²) in [5, 5.41) is 12.1. The molecule has 0 aliphatic carbocycles. The molecule has 106 valence electrons. The average Bonchev–Trinajstić information content (AvgIpc) is 2.79. The van der Waals surface area contributed by atoms with Crippen LogP contribution >= 0.6 is 0 Å². The number of carbonyl (C=O) groups is 1. The maximum Gasteiger partial charge on any atom is 0.335 e. The Labute approximate surface area is 113 Å². The first-order chi connectivity index (χ1) is 9.29. The Hall–Kier alpha value is -2.42. The van der Waals surface area contributed by atoms with E-state index in [1.54, 1.807) is 7.05 Å². The van der Waals surface area contributed by atoms with Crippen LogP contribution in [-0.4, -0.2) is 29.3 Å². The summed E-state index contributed by atoms with van der Waals surface area (Å²) in [4.78, 5) is 10.7. The topological polar surface area (TPSA) is 101 Å². The fraction of sp³-hybridized carbons (Fsp3) is 0.0909. The first-order valence-electron chi connectivity index (χ1n) is 5.35. The molecule has 0 unspecified atom stereocenters. The average molecular weight is 299 g/mol. The van der Waals surface area contributed by atoms with Crippen LogP contribution in [0.15, 0.2) is 35.5 Å². The molecule has 20 heavy (non-hydrogen) atoms. The fourth-order valence-corrected chi connectivity index (χ4v) is 2.50. The first kappa shape index (κ1) is 14.0. The predicted molar refractivity (Wildman–Crippen MR) is 67.4 cm³/mol. The van der Waals surface area contributed by atoms with E-state index in [-0.39, 0.29) is 16.3 Å². The van der Waals surface area contributed by atoms with E-state index in [9.17, 15) is 17.6 Å². The number of benzene rings is 1.